The molecule has 2 aliphatic heterocycles. The van der Waals surface area contributed by atoms with Crippen LogP contribution in [-0.2, 0) is 19.1 Å². The molecule has 0 radical (unpaired) electrons. The van der Waals surface area contributed by atoms with Crippen LogP contribution in [-0.4, -0.2) is 53.7 Å². The van der Waals surface area contributed by atoms with Gasteiger partial charge in [-0.3, -0.25) is 14.9 Å². The Balaban J connectivity index is 2.01. The fraction of sp³-hybridized carbons (Fsp3) is 0.318. The number of aliphatic imine (C=N–C) groups is 1. The van der Waals surface area contributed by atoms with E-state index in [-0.39, 0.29) is 30.2 Å². The molecule has 1 N–H and O–H groups in total. The summed E-state index contributed by atoms with van der Waals surface area (Å²) in [6, 6.07) is 5.31. The van der Waals surface area contributed by atoms with Crippen molar-refractivity contribution < 1.29 is 24.0 Å². The molecule has 2 heterocycles. The van der Waals surface area contributed by atoms with Gasteiger partial charge in [0.15, 0.2) is 5.17 Å². The zero-order valence-corrected chi connectivity index (χ0v) is 19.1. The summed E-state index contributed by atoms with van der Waals surface area (Å²) in [5, 5.41) is 16.5. The molecule has 1 amide bonds. The van der Waals surface area contributed by atoms with E-state index in [4.69, 9.17) is 9.47 Å². The Bertz CT molecular complexity index is 1060. The van der Waals surface area contributed by atoms with E-state index in [1.165, 1.54) is 30.0 Å². The van der Waals surface area contributed by atoms with Gasteiger partial charge in [0, 0.05) is 31.5 Å². The summed E-state index contributed by atoms with van der Waals surface area (Å²) in [5.74, 6) is -0.826. The van der Waals surface area contributed by atoms with Crippen LogP contribution in [0.4, 0.5) is 5.69 Å². The fourth-order valence-corrected chi connectivity index (χ4v) is 4.45. The summed E-state index contributed by atoms with van der Waals surface area (Å²) >= 11 is 1.32. The van der Waals surface area contributed by atoms with Crippen LogP contribution in [0, 0.1) is 10.1 Å². The normalized spacial score (nSPS) is 17.2. The van der Waals surface area contributed by atoms with Crippen molar-refractivity contribution in [3.8, 4) is 0 Å². The number of fused-ring (bicyclic) bond motifs is 1. The van der Waals surface area contributed by atoms with Gasteiger partial charge < -0.3 is 19.7 Å². The predicted octanol–water partition coefficient (Wildman–Crippen LogP) is 3.05. The van der Waals surface area contributed by atoms with Crippen LogP contribution < -0.4 is 5.32 Å². The second kappa shape index (κ2) is 10.9. The molecule has 174 valence electrons. The zero-order valence-electron chi connectivity index (χ0n) is 18.3. The van der Waals surface area contributed by atoms with Crippen LogP contribution in [0.3, 0.4) is 0 Å². The van der Waals surface area contributed by atoms with Crippen molar-refractivity contribution in [2.75, 3.05) is 26.9 Å². The lowest BCUT2D eigenvalue weighted by Gasteiger charge is -2.36. The predicted molar refractivity (Wildman–Crippen MR) is 124 cm³/mol. The highest BCUT2D eigenvalue weighted by atomic mass is 32.2. The molecular formula is C22H24N4O6S. The van der Waals surface area contributed by atoms with Crippen molar-refractivity contribution in [1.82, 2.24) is 10.2 Å². The number of nitro benzene ring substituents is 1. The third-order valence-electron chi connectivity index (χ3n) is 4.92. The second-order valence-electron chi connectivity index (χ2n) is 7.15. The Morgan fingerprint density at radius 3 is 2.91 bits per heavy atom. The van der Waals surface area contributed by atoms with E-state index in [1.807, 2.05) is 0 Å². The lowest BCUT2D eigenvalue weighted by molar-refractivity contribution is -0.384. The van der Waals surface area contributed by atoms with E-state index in [0.717, 1.165) is 0 Å². The Labute approximate surface area is 195 Å². The standard InChI is InChI=1S/C22H24N4O6S/c1-4-9-32-21(28)19-14(2)24-22-25(17(13-33-22)12-18(27)23-8-10-31-3)20(19)15-6-5-7-16(11-15)26(29)30/h4-7,11,13,20H,1,8-10,12H2,2-3H3,(H,23,27)/t20-/m0/s1. The number of thioether (sulfide) groups is 1. The quantitative estimate of drug-likeness (QED) is 0.181. The first-order valence-electron chi connectivity index (χ1n) is 10.1. The number of amides is 1. The maximum atomic E-state index is 13.0. The van der Waals surface area contributed by atoms with Gasteiger partial charge in [-0.1, -0.05) is 36.5 Å². The minimum atomic E-state index is -0.747. The van der Waals surface area contributed by atoms with Crippen LogP contribution in [0.2, 0.25) is 0 Å². The van der Waals surface area contributed by atoms with Gasteiger partial charge in [-0.25, -0.2) is 9.79 Å². The number of carbonyl (C=O) groups excluding carboxylic acids is 2. The molecule has 0 fully saturated rings. The van der Waals surface area contributed by atoms with E-state index >= 15 is 0 Å². The molecule has 2 aliphatic rings. The number of esters is 1. The van der Waals surface area contributed by atoms with Gasteiger partial charge in [-0.15, -0.1) is 0 Å². The van der Waals surface area contributed by atoms with E-state index in [2.05, 4.69) is 16.9 Å². The number of allylic oxidation sites excluding steroid dienone is 1. The number of rotatable bonds is 10. The number of ether oxygens (including phenoxy) is 2. The van der Waals surface area contributed by atoms with E-state index in [9.17, 15) is 19.7 Å². The first-order valence-corrected chi connectivity index (χ1v) is 11.0. The van der Waals surface area contributed by atoms with Gasteiger partial charge in [-0.05, 0) is 17.9 Å². The molecule has 10 nitrogen and oxygen atoms in total. The first kappa shape index (κ1) is 24.2. The van der Waals surface area contributed by atoms with E-state index in [1.54, 1.807) is 36.5 Å². The number of nitrogens with one attached hydrogen (secondary N) is 1. The molecule has 1 aromatic carbocycles. The van der Waals surface area contributed by atoms with Crippen LogP contribution in [0.25, 0.3) is 0 Å². The smallest absolute Gasteiger partial charge is 0.338 e. The zero-order chi connectivity index (χ0) is 24.0. The SMILES string of the molecule is C=CCOC(=O)C1=C(C)N=C2SC=C(CC(=O)NCCOC)N2[C@H]1c1cccc([N+](=O)[O-])c1. The summed E-state index contributed by atoms with van der Waals surface area (Å²) in [6.45, 7) is 6.00. The lowest BCUT2D eigenvalue weighted by Crippen LogP contribution is -2.38. The number of hydrogen-bond donors (Lipinski definition) is 1. The van der Waals surface area contributed by atoms with Crippen molar-refractivity contribution >= 4 is 34.5 Å². The molecule has 0 spiro atoms. The maximum Gasteiger partial charge on any atom is 0.338 e. The highest BCUT2D eigenvalue weighted by Gasteiger charge is 2.41. The molecule has 3 rings (SSSR count). The van der Waals surface area contributed by atoms with Crippen molar-refractivity contribution in [2.45, 2.75) is 19.4 Å². The average molecular weight is 473 g/mol. The van der Waals surface area contributed by atoms with Gasteiger partial charge in [0.05, 0.1) is 35.3 Å². The Morgan fingerprint density at radius 2 is 2.21 bits per heavy atom. The van der Waals surface area contributed by atoms with Crippen molar-refractivity contribution in [1.29, 1.82) is 0 Å². The number of amidine groups is 1. The van der Waals surface area contributed by atoms with Crippen LogP contribution in [0.15, 0.2) is 64.3 Å². The number of methoxy groups -OCH3 is 1. The summed E-state index contributed by atoms with van der Waals surface area (Å²) in [7, 11) is 1.55. The van der Waals surface area contributed by atoms with Gasteiger partial charge in [0.1, 0.15) is 6.61 Å². The summed E-state index contributed by atoms with van der Waals surface area (Å²) in [4.78, 5) is 42.7. The Kier molecular flexibility index (Phi) is 8.01. The minimum Gasteiger partial charge on any atom is -0.458 e. The van der Waals surface area contributed by atoms with Crippen molar-refractivity contribution in [2.24, 2.45) is 4.99 Å². The fourth-order valence-electron chi connectivity index (χ4n) is 3.49. The summed E-state index contributed by atoms with van der Waals surface area (Å²) in [5.41, 5.74) is 1.71. The van der Waals surface area contributed by atoms with Crippen LogP contribution in [0.1, 0.15) is 24.9 Å². The lowest BCUT2D eigenvalue weighted by atomic mass is 9.93. The highest BCUT2D eigenvalue weighted by molar-refractivity contribution is 8.16. The first-order chi connectivity index (χ1) is 15.9. The molecule has 33 heavy (non-hydrogen) atoms. The van der Waals surface area contributed by atoms with Crippen LogP contribution in [0.5, 0.6) is 0 Å². The minimum absolute atomic E-state index is 0.00714. The number of nitro groups is 1. The summed E-state index contributed by atoms with van der Waals surface area (Å²) < 4.78 is 10.3. The number of nitrogens with zero attached hydrogens (tertiary/aromatic N) is 3. The second-order valence-corrected chi connectivity index (χ2v) is 7.99. The monoisotopic (exact) mass is 472 g/mol. The number of benzene rings is 1. The third kappa shape index (κ3) is 5.49. The molecule has 0 unspecified atom stereocenters. The maximum absolute atomic E-state index is 13.0. The van der Waals surface area contributed by atoms with Gasteiger partial charge >= 0.3 is 5.97 Å². The number of carbonyl (C=O) groups is 2. The van der Waals surface area contributed by atoms with Gasteiger partial charge in [-0.2, -0.15) is 0 Å². The molecule has 0 saturated heterocycles. The topological polar surface area (TPSA) is 123 Å². The Hall–Kier alpha value is -3.44. The highest BCUT2D eigenvalue weighted by Crippen LogP contribution is 2.45. The van der Waals surface area contributed by atoms with E-state index < -0.39 is 16.9 Å². The number of hydrogen-bond acceptors (Lipinski definition) is 9. The summed E-state index contributed by atoms with van der Waals surface area (Å²) in [6.07, 6.45) is 1.49. The largest absolute Gasteiger partial charge is 0.458 e. The molecular weight excluding hydrogens is 448 g/mol. The number of non-ortho nitro benzene ring substituents is 1. The molecule has 11 heteroatoms. The van der Waals surface area contributed by atoms with Crippen LogP contribution >= 0.6 is 11.8 Å². The van der Waals surface area contributed by atoms with Crippen molar-refractivity contribution in [3.63, 3.8) is 0 Å². The molecule has 1 atom stereocenters. The van der Waals surface area contributed by atoms with Crippen molar-refractivity contribution in [3.05, 3.63) is 75.0 Å². The molecule has 1 aromatic rings. The molecule has 0 aliphatic carbocycles. The molecule has 0 bridgehead atoms. The third-order valence-corrected chi connectivity index (χ3v) is 5.81. The van der Waals surface area contributed by atoms with Gasteiger partial charge in [0.2, 0.25) is 5.91 Å². The molecule has 0 saturated carbocycles. The molecule has 0 aromatic heterocycles. The van der Waals surface area contributed by atoms with E-state index in [0.29, 0.717) is 35.3 Å². The Morgan fingerprint density at radius 1 is 1.42 bits per heavy atom. The average Bonchev–Trinajstić information content (AvgIpc) is 3.18. The van der Waals surface area contributed by atoms with Gasteiger partial charge in [0.25, 0.3) is 5.69 Å².